The highest BCUT2D eigenvalue weighted by Crippen LogP contribution is 2.28. The third-order valence-electron chi connectivity index (χ3n) is 2.66. The van der Waals surface area contributed by atoms with Crippen LogP contribution in [0.15, 0.2) is 36.4 Å². The van der Waals surface area contributed by atoms with Gasteiger partial charge < -0.3 is 5.32 Å². The number of nitro groups is 1. The molecule has 104 valence electrons. The van der Waals surface area contributed by atoms with E-state index >= 15 is 0 Å². The Morgan fingerprint density at radius 1 is 1.25 bits per heavy atom. The van der Waals surface area contributed by atoms with Crippen molar-refractivity contribution in [3.05, 3.63) is 67.9 Å². The van der Waals surface area contributed by atoms with Gasteiger partial charge in [0.25, 0.3) is 5.69 Å². The van der Waals surface area contributed by atoms with Gasteiger partial charge in [0.05, 0.1) is 9.95 Å². The summed E-state index contributed by atoms with van der Waals surface area (Å²) < 4.78 is 13.7. The molecule has 7 heteroatoms. The molecule has 0 amide bonds. The molecule has 1 N–H and O–H groups in total. The van der Waals surface area contributed by atoms with Crippen molar-refractivity contribution in [1.82, 2.24) is 0 Å². The predicted octanol–water partition coefficient (Wildman–Crippen LogP) is 4.65. The van der Waals surface area contributed by atoms with Crippen molar-refractivity contribution in [3.8, 4) is 0 Å². The van der Waals surface area contributed by atoms with Crippen LogP contribution >= 0.6 is 23.2 Å². The van der Waals surface area contributed by atoms with Crippen LogP contribution in [-0.2, 0) is 6.54 Å². The molecule has 0 aromatic heterocycles. The third kappa shape index (κ3) is 3.18. The van der Waals surface area contributed by atoms with Crippen LogP contribution in [0.1, 0.15) is 5.56 Å². The minimum Gasteiger partial charge on any atom is -0.375 e. The van der Waals surface area contributed by atoms with E-state index < -0.39 is 10.7 Å². The molecule has 2 aromatic rings. The highest BCUT2D eigenvalue weighted by Gasteiger charge is 2.14. The Morgan fingerprint density at radius 3 is 2.70 bits per heavy atom. The van der Waals surface area contributed by atoms with Crippen LogP contribution < -0.4 is 5.32 Å². The molecule has 4 nitrogen and oxygen atoms in total. The third-order valence-corrected chi connectivity index (χ3v) is 3.18. The first-order valence-corrected chi connectivity index (χ1v) is 6.35. The summed E-state index contributed by atoms with van der Waals surface area (Å²) in [4.78, 5) is 10.4. The zero-order valence-electron chi connectivity index (χ0n) is 10.1. The van der Waals surface area contributed by atoms with Crippen LogP contribution in [0.3, 0.4) is 0 Å². The zero-order valence-corrected chi connectivity index (χ0v) is 11.6. The number of nitrogens with one attached hydrogen (secondary N) is 1. The van der Waals surface area contributed by atoms with Crippen molar-refractivity contribution in [2.75, 3.05) is 5.32 Å². The average Bonchev–Trinajstić information content (AvgIpc) is 2.41. The molecule has 2 aromatic carbocycles. The minimum absolute atomic E-state index is 0.00917. The Bertz CT molecular complexity index is 665. The number of halogens is 3. The second-order valence-corrected chi connectivity index (χ2v) is 4.83. The van der Waals surface area contributed by atoms with Crippen LogP contribution in [0.25, 0.3) is 0 Å². The van der Waals surface area contributed by atoms with Crippen LogP contribution in [-0.4, -0.2) is 4.92 Å². The fourth-order valence-corrected chi connectivity index (χ4v) is 2.04. The van der Waals surface area contributed by atoms with Gasteiger partial charge in [0.15, 0.2) is 0 Å². The largest absolute Gasteiger partial charge is 0.375 e. The van der Waals surface area contributed by atoms with Crippen molar-refractivity contribution in [1.29, 1.82) is 0 Å². The van der Waals surface area contributed by atoms with E-state index in [1.54, 1.807) is 12.1 Å². The number of hydrogen-bond donors (Lipinski definition) is 1. The van der Waals surface area contributed by atoms with E-state index in [0.717, 1.165) is 0 Å². The van der Waals surface area contributed by atoms with Gasteiger partial charge in [-0.05, 0) is 18.2 Å². The number of nitrogens with zero attached hydrogens (tertiary/aromatic N) is 1. The molecule has 0 aliphatic heterocycles. The predicted molar refractivity (Wildman–Crippen MR) is 76.8 cm³/mol. The lowest BCUT2D eigenvalue weighted by Crippen LogP contribution is -2.04. The molecule has 0 saturated carbocycles. The Hall–Kier alpha value is -1.85. The molecule has 0 fully saturated rings. The molecule has 2 rings (SSSR count). The monoisotopic (exact) mass is 314 g/mol. The van der Waals surface area contributed by atoms with Crippen molar-refractivity contribution in [2.45, 2.75) is 6.54 Å². The maximum absolute atomic E-state index is 13.7. The zero-order chi connectivity index (χ0) is 14.7. The lowest BCUT2D eigenvalue weighted by atomic mass is 10.2. The Labute approximate surface area is 124 Å². The molecule has 0 unspecified atom stereocenters. The van der Waals surface area contributed by atoms with Gasteiger partial charge in [-0.25, -0.2) is 4.39 Å². The summed E-state index contributed by atoms with van der Waals surface area (Å²) in [5, 5.41) is 14.0. The van der Waals surface area contributed by atoms with Crippen LogP contribution in [0, 0.1) is 15.9 Å². The van der Waals surface area contributed by atoms with Crippen LogP contribution in [0.5, 0.6) is 0 Å². The number of rotatable bonds is 4. The molecule has 0 saturated heterocycles. The van der Waals surface area contributed by atoms with Gasteiger partial charge in [0, 0.05) is 23.2 Å². The summed E-state index contributed by atoms with van der Waals surface area (Å²) in [5.41, 5.74) is 0.417. The molecule has 0 radical (unpaired) electrons. The molecule has 0 spiro atoms. The fourth-order valence-electron chi connectivity index (χ4n) is 1.68. The lowest BCUT2D eigenvalue weighted by Gasteiger charge is -2.09. The fraction of sp³-hybridized carbons (Fsp3) is 0.0769. The average molecular weight is 315 g/mol. The summed E-state index contributed by atoms with van der Waals surface area (Å²) in [6.07, 6.45) is 0. The normalized spacial score (nSPS) is 10.3. The van der Waals surface area contributed by atoms with Crippen molar-refractivity contribution >= 4 is 34.6 Å². The van der Waals surface area contributed by atoms with E-state index in [1.165, 1.54) is 24.3 Å². The molecule has 0 aliphatic carbocycles. The number of benzene rings is 2. The van der Waals surface area contributed by atoms with Crippen molar-refractivity contribution < 1.29 is 9.31 Å². The maximum Gasteiger partial charge on any atom is 0.293 e. The van der Waals surface area contributed by atoms with Crippen molar-refractivity contribution in [2.24, 2.45) is 0 Å². The molecule has 0 heterocycles. The SMILES string of the molecule is O=[N+]([O-])c1cc(Cl)ccc1NCc1cccc(Cl)c1F. The van der Waals surface area contributed by atoms with E-state index in [2.05, 4.69) is 5.32 Å². The molecular weight excluding hydrogens is 306 g/mol. The van der Waals surface area contributed by atoms with Crippen LogP contribution in [0.2, 0.25) is 10.0 Å². The van der Waals surface area contributed by atoms with E-state index in [1.807, 2.05) is 0 Å². The second-order valence-electron chi connectivity index (χ2n) is 3.99. The van der Waals surface area contributed by atoms with Gasteiger partial charge in [0.2, 0.25) is 0 Å². The Morgan fingerprint density at radius 2 is 2.00 bits per heavy atom. The highest BCUT2D eigenvalue weighted by molar-refractivity contribution is 6.31. The molecular formula is C13H9Cl2FN2O2. The smallest absolute Gasteiger partial charge is 0.293 e. The minimum atomic E-state index is -0.553. The molecule has 0 bridgehead atoms. The van der Waals surface area contributed by atoms with E-state index in [9.17, 15) is 14.5 Å². The quantitative estimate of drug-likeness (QED) is 0.660. The highest BCUT2D eigenvalue weighted by atomic mass is 35.5. The summed E-state index contributed by atoms with van der Waals surface area (Å²) in [7, 11) is 0. The van der Waals surface area contributed by atoms with E-state index in [0.29, 0.717) is 5.56 Å². The summed E-state index contributed by atoms with van der Waals surface area (Å²) >= 11 is 11.4. The Balaban J connectivity index is 2.23. The van der Waals surface area contributed by atoms with Gasteiger partial charge >= 0.3 is 0 Å². The number of hydrogen-bond acceptors (Lipinski definition) is 3. The first-order chi connectivity index (χ1) is 9.49. The van der Waals surface area contributed by atoms with Crippen LogP contribution in [0.4, 0.5) is 15.8 Å². The summed E-state index contributed by atoms with van der Waals surface area (Å²) in [6.45, 7) is 0.0782. The van der Waals surface area contributed by atoms with E-state index in [-0.39, 0.29) is 28.0 Å². The van der Waals surface area contributed by atoms with Gasteiger partial charge in [-0.3, -0.25) is 10.1 Å². The maximum atomic E-state index is 13.7. The number of nitro benzene ring substituents is 1. The summed E-state index contributed by atoms with van der Waals surface area (Å²) in [5.74, 6) is -0.543. The van der Waals surface area contributed by atoms with Crippen molar-refractivity contribution in [3.63, 3.8) is 0 Å². The molecule has 20 heavy (non-hydrogen) atoms. The summed E-state index contributed by atoms with van der Waals surface area (Å²) in [6, 6.07) is 8.83. The second kappa shape index (κ2) is 6.07. The number of anilines is 1. The van der Waals surface area contributed by atoms with Gasteiger partial charge in [-0.2, -0.15) is 0 Å². The first-order valence-electron chi connectivity index (χ1n) is 5.59. The first kappa shape index (κ1) is 14.6. The molecule has 0 atom stereocenters. The van der Waals surface area contributed by atoms with Gasteiger partial charge in [-0.1, -0.05) is 35.3 Å². The van der Waals surface area contributed by atoms with Gasteiger partial charge in [-0.15, -0.1) is 0 Å². The van der Waals surface area contributed by atoms with E-state index in [4.69, 9.17) is 23.2 Å². The topological polar surface area (TPSA) is 55.2 Å². The standard InChI is InChI=1S/C13H9Cl2FN2O2/c14-9-4-5-11(12(6-9)18(19)20)17-7-8-2-1-3-10(15)13(8)16/h1-6,17H,7H2. The Kier molecular flexibility index (Phi) is 4.42. The lowest BCUT2D eigenvalue weighted by molar-refractivity contribution is -0.383. The molecule has 0 aliphatic rings. The van der Waals surface area contributed by atoms with Gasteiger partial charge in [0.1, 0.15) is 11.5 Å².